The van der Waals surface area contributed by atoms with Crippen molar-refractivity contribution >= 4 is 0 Å². The number of nitrogens with zero attached hydrogens (tertiary/aromatic N) is 3. The van der Waals surface area contributed by atoms with E-state index >= 15 is 0 Å². The number of hydrogen-bond acceptors (Lipinski definition) is 4. The van der Waals surface area contributed by atoms with E-state index in [0.717, 1.165) is 49.6 Å². The summed E-state index contributed by atoms with van der Waals surface area (Å²) in [5.41, 5.74) is 4.15. The number of aryl methyl sites for hydroxylation is 1. The highest BCUT2D eigenvalue weighted by Gasteiger charge is 2.23. The highest BCUT2D eigenvalue weighted by Crippen LogP contribution is 2.29. The lowest BCUT2D eigenvalue weighted by atomic mass is 9.93. The highest BCUT2D eigenvalue weighted by atomic mass is 16.3. The summed E-state index contributed by atoms with van der Waals surface area (Å²) in [5, 5.41) is 17.6. The third-order valence-electron chi connectivity index (χ3n) is 4.70. The van der Waals surface area contributed by atoms with Crippen LogP contribution in [0.15, 0.2) is 18.2 Å². The lowest BCUT2D eigenvalue weighted by Gasteiger charge is -2.31. The number of pyridine rings is 1. The van der Waals surface area contributed by atoms with Crippen molar-refractivity contribution in [3.8, 4) is 5.75 Å². The van der Waals surface area contributed by atoms with Gasteiger partial charge in [-0.1, -0.05) is 13.8 Å². The Hall–Kier alpha value is -1.88. The molecule has 124 valence electrons. The van der Waals surface area contributed by atoms with Crippen LogP contribution in [-0.4, -0.2) is 38.3 Å². The van der Waals surface area contributed by atoms with Gasteiger partial charge in [0, 0.05) is 23.9 Å². The molecule has 1 aliphatic heterocycles. The minimum absolute atomic E-state index is 0.299. The highest BCUT2D eigenvalue weighted by molar-refractivity contribution is 5.27. The quantitative estimate of drug-likeness (QED) is 0.908. The zero-order valence-corrected chi connectivity index (χ0v) is 14.2. The number of aromatic nitrogens is 3. The average Bonchev–Trinajstić information content (AvgIpc) is 3.02. The molecule has 5 heteroatoms. The first-order valence-electron chi connectivity index (χ1n) is 8.46. The van der Waals surface area contributed by atoms with E-state index in [4.69, 9.17) is 0 Å². The first kappa shape index (κ1) is 16.0. The molecule has 2 N–H and O–H groups in total. The molecule has 0 amide bonds. The van der Waals surface area contributed by atoms with Gasteiger partial charge < -0.3 is 5.11 Å². The summed E-state index contributed by atoms with van der Waals surface area (Å²) in [4.78, 5) is 6.83. The summed E-state index contributed by atoms with van der Waals surface area (Å²) in [7, 11) is 0. The Morgan fingerprint density at radius 2 is 2.04 bits per heavy atom. The van der Waals surface area contributed by atoms with Crippen LogP contribution < -0.4 is 0 Å². The maximum atomic E-state index is 9.95. The van der Waals surface area contributed by atoms with E-state index in [2.05, 4.69) is 40.0 Å². The van der Waals surface area contributed by atoms with Gasteiger partial charge in [0.15, 0.2) is 0 Å². The molecule has 0 radical (unpaired) electrons. The molecule has 3 rings (SSSR count). The second-order valence-corrected chi connectivity index (χ2v) is 6.87. The number of nitrogens with one attached hydrogen (secondary N) is 1. The predicted molar refractivity (Wildman–Crippen MR) is 90.6 cm³/mol. The molecular formula is C18H26N4O. The zero-order valence-electron chi connectivity index (χ0n) is 14.2. The second-order valence-electron chi connectivity index (χ2n) is 6.87. The summed E-state index contributed by atoms with van der Waals surface area (Å²) in [6.07, 6.45) is 2.23. The Morgan fingerprint density at radius 3 is 2.70 bits per heavy atom. The molecule has 0 spiro atoms. The van der Waals surface area contributed by atoms with Gasteiger partial charge in [-0.2, -0.15) is 5.10 Å². The molecule has 0 unspecified atom stereocenters. The third-order valence-corrected chi connectivity index (χ3v) is 4.70. The number of aromatic amines is 1. The van der Waals surface area contributed by atoms with Crippen molar-refractivity contribution in [2.75, 3.05) is 13.1 Å². The maximum Gasteiger partial charge on any atom is 0.138 e. The molecule has 0 aliphatic carbocycles. The molecule has 0 atom stereocenters. The minimum Gasteiger partial charge on any atom is -0.506 e. The van der Waals surface area contributed by atoms with Gasteiger partial charge in [-0.25, -0.2) is 0 Å². The Balaban J connectivity index is 1.58. The summed E-state index contributed by atoms with van der Waals surface area (Å²) in [5.74, 6) is 1.33. The van der Waals surface area contributed by atoms with E-state index in [1.807, 2.05) is 13.0 Å². The van der Waals surface area contributed by atoms with Crippen LogP contribution in [0, 0.1) is 6.92 Å². The van der Waals surface area contributed by atoms with E-state index in [-0.39, 0.29) is 0 Å². The molecule has 1 saturated heterocycles. The van der Waals surface area contributed by atoms with Crippen LogP contribution in [0.3, 0.4) is 0 Å². The first-order valence-corrected chi connectivity index (χ1v) is 8.46. The second kappa shape index (κ2) is 6.71. The summed E-state index contributed by atoms with van der Waals surface area (Å²) >= 11 is 0. The van der Waals surface area contributed by atoms with Gasteiger partial charge >= 0.3 is 0 Å². The number of aromatic hydroxyl groups is 1. The molecule has 0 saturated carbocycles. The number of H-pyrrole nitrogens is 1. The molecule has 1 aliphatic rings. The van der Waals surface area contributed by atoms with E-state index in [1.54, 1.807) is 6.07 Å². The molecular weight excluding hydrogens is 288 g/mol. The standard InChI is InChI=1S/C18H26N4O/c1-12(2)15-10-16(21-20-15)14-6-8-22(9-7-14)11-17-18(23)5-4-13(3)19-17/h4-5,10,12,14,23H,6-9,11H2,1-3H3,(H,20,21). The van der Waals surface area contributed by atoms with Gasteiger partial charge in [0.05, 0.1) is 11.4 Å². The van der Waals surface area contributed by atoms with Crippen molar-refractivity contribution in [1.29, 1.82) is 0 Å². The molecule has 5 nitrogen and oxygen atoms in total. The smallest absolute Gasteiger partial charge is 0.138 e. The molecule has 2 aromatic heterocycles. The number of likely N-dealkylation sites (tertiary alicyclic amines) is 1. The normalized spacial score (nSPS) is 17.0. The minimum atomic E-state index is 0.299. The fourth-order valence-corrected chi connectivity index (χ4v) is 3.19. The SMILES string of the molecule is Cc1ccc(O)c(CN2CCC(c3cc(C(C)C)n[nH]3)CC2)n1. The first-order chi connectivity index (χ1) is 11.0. The van der Waals surface area contributed by atoms with Gasteiger partial charge in [0.1, 0.15) is 5.75 Å². The monoisotopic (exact) mass is 314 g/mol. The Morgan fingerprint density at radius 1 is 1.30 bits per heavy atom. The van der Waals surface area contributed by atoms with Crippen molar-refractivity contribution in [1.82, 2.24) is 20.1 Å². The largest absolute Gasteiger partial charge is 0.506 e. The molecule has 2 aromatic rings. The molecule has 23 heavy (non-hydrogen) atoms. The van der Waals surface area contributed by atoms with Crippen LogP contribution in [0.25, 0.3) is 0 Å². The predicted octanol–water partition coefficient (Wildman–Crippen LogP) is 3.32. The van der Waals surface area contributed by atoms with Gasteiger partial charge in [-0.15, -0.1) is 0 Å². The zero-order chi connectivity index (χ0) is 16.4. The van der Waals surface area contributed by atoms with Crippen molar-refractivity contribution in [2.24, 2.45) is 0 Å². The van der Waals surface area contributed by atoms with Crippen molar-refractivity contribution in [3.05, 3.63) is 41.0 Å². The molecule has 3 heterocycles. The van der Waals surface area contributed by atoms with Crippen molar-refractivity contribution in [3.63, 3.8) is 0 Å². The van der Waals surface area contributed by atoms with Crippen molar-refractivity contribution < 1.29 is 5.11 Å². The fraction of sp³-hybridized carbons (Fsp3) is 0.556. The Labute approximate surface area is 137 Å². The van der Waals surface area contributed by atoms with Crippen LogP contribution in [-0.2, 0) is 6.54 Å². The summed E-state index contributed by atoms with van der Waals surface area (Å²) in [6.45, 7) is 9.07. The third kappa shape index (κ3) is 3.72. The Bertz CT molecular complexity index is 657. The van der Waals surface area contributed by atoms with Crippen molar-refractivity contribution in [2.45, 2.75) is 52.0 Å². The van der Waals surface area contributed by atoms with Gasteiger partial charge in [0.25, 0.3) is 0 Å². The fourth-order valence-electron chi connectivity index (χ4n) is 3.19. The van der Waals surface area contributed by atoms with E-state index < -0.39 is 0 Å². The van der Waals surface area contributed by atoms with Gasteiger partial charge in [-0.05, 0) is 57.0 Å². The molecule has 0 aromatic carbocycles. The topological polar surface area (TPSA) is 65.0 Å². The maximum absolute atomic E-state index is 9.95. The van der Waals surface area contributed by atoms with Crippen LogP contribution in [0.5, 0.6) is 5.75 Å². The summed E-state index contributed by atoms with van der Waals surface area (Å²) < 4.78 is 0. The Kier molecular flexibility index (Phi) is 4.66. The van der Waals surface area contributed by atoms with E-state index in [0.29, 0.717) is 17.6 Å². The van der Waals surface area contributed by atoms with E-state index in [1.165, 1.54) is 5.69 Å². The summed E-state index contributed by atoms with van der Waals surface area (Å²) in [6, 6.07) is 5.80. The number of rotatable bonds is 4. The van der Waals surface area contributed by atoms with Crippen LogP contribution in [0.4, 0.5) is 0 Å². The lowest BCUT2D eigenvalue weighted by molar-refractivity contribution is 0.199. The number of piperidine rings is 1. The van der Waals surface area contributed by atoms with E-state index in [9.17, 15) is 5.11 Å². The average molecular weight is 314 g/mol. The van der Waals surface area contributed by atoms with Gasteiger partial charge in [-0.3, -0.25) is 15.0 Å². The number of hydrogen-bond donors (Lipinski definition) is 2. The molecule has 1 fully saturated rings. The van der Waals surface area contributed by atoms with Crippen LogP contribution in [0.1, 0.15) is 61.3 Å². The van der Waals surface area contributed by atoms with Crippen LogP contribution >= 0.6 is 0 Å². The molecule has 0 bridgehead atoms. The van der Waals surface area contributed by atoms with Crippen LogP contribution in [0.2, 0.25) is 0 Å². The van der Waals surface area contributed by atoms with Gasteiger partial charge in [0.2, 0.25) is 0 Å². The lowest BCUT2D eigenvalue weighted by Crippen LogP contribution is -2.32.